The van der Waals surface area contributed by atoms with Crippen molar-refractivity contribution < 1.29 is 4.79 Å². The van der Waals surface area contributed by atoms with E-state index < -0.39 is 0 Å². The summed E-state index contributed by atoms with van der Waals surface area (Å²) in [6.45, 7) is 3.87. The molecule has 1 amide bonds. The summed E-state index contributed by atoms with van der Waals surface area (Å²) in [6.07, 6.45) is 4.13. The molecular formula is C7H8N4O. The molecule has 0 unspecified atom stereocenters. The number of aromatic nitrogens is 3. The molecule has 0 aromatic carbocycles. The van der Waals surface area contributed by atoms with Crippen molar-refractivity contribution in [3.05, 3.63) is 31.1 Å². The van der Waals surface area contributed by atoms with Crippen LogP contribution in [0.4, 0.5) is 0 Å². The van der Waals surface area contributed by atoms with Crippen LogP contribution in [0.2, 0.25) is 0 Å². The van der Waals surface area contributed by atoms with Gasteiger partial charge in [0.05, 0.1) is 0 Å². The summed E-state index contributed by atoms with van der Waals surface area (Å²) in [5.41, 5.74) is 0. The average molecular weight is 164 g/mol. The van der Waals surface area contributed by atoms with Gasteiger partial charge in [0.1, 0.15) is 12.7 Å². The van der Waals surface area contributed by atoms with E-state index in [4.69, 9.17) is 0 Å². The van der Waals surface area contributed by atoms with Crippen LogP contribution in [0, 0.1) is 0 Å². The minimum absolute atomic E-state index is 0.117. The summed E-state index contributed by atoms with van der Waals surface area (Å²) in [7, 11) is 0. The van der Waals surface area contributed by atoms with Gasteiger partial charge in [-0.05, 0) is 0 Å². The van der Waals surface area contributed by atoms with Gasteiger partial charge in [-0.15, -0.1) is 6.58 Å². The van der Waals surface area contributed by atoms with Gasteiger partial charge in [-0.2, -0.15) is 0 Å². The van der Waals surface area contributed by atoms with Crippen molar-refractivity contribution in [2.75, 3.05) is 6.54 Å². The molecular weight excluding hydrogens is 156 g/mol. The number of carbonyl (C=O) groups excluding carboxylic acids is 1. The van der Waals surface area contributed by atoms with Gasteiger partial charge in [0.15, 0.2) is 0 Å². The summed E-state index contributed by atoms with van der Waals surface area (Å²) in [4.78, 5) is 22.0. The fraction of sp³-hybridized carbons (Fsp3) is 0.143. The molecule has 1 aromatic rings. The molecule has 0 saturated carbocycles. The smallest absolute Gasteiger partial charge is 0.289 e. The highest BCUT2D eigenvalue weighted by molar-refractivity contribution is 5.90. The first kappa shape index (κ1) is 8.32. The SMILES string of the molecule is C=CCNC(=O)c1ncncn1. The van der Waals surface area contributed by atoms with E-state index in [0.29, 0.717) is 6.54 Å². The number of nitrogens with zero attached hydrogens (tertiary/aromatic N) is 3. The zero-order valence-electron chi connectivity index (χ0n) is 6.40. The highest BCUT2D eigenvalue weighted by Gasteiger charge is 2.04. The van der Waals surface area contributed by atoms with Crippen molar-refractivity contribution in [3.63, 3.8) is 0 Å². The van der Waals surface area contributed by atoms with Gasteiger partial charge in [-0.3, -0.25) is 4.79 Å². The first-order valence-corrected chi connectivity index (χ1v) is 3.35. The normalized spacial score (nSPS) is 9.00. The van der Waals surface area contributed by atoms with Crippen LogP contribution in [-0.4, -0.2) is 27.4 Å². The Morgan fingerprint density at radius 2 is 2.25 bits per heavy atom. The molecule has 1 heterocycles. The lowest BCUT2D eigenvalue weighted by atomic mass is 10.5. The molecule has 0 fully saturated rings. The van der Waals surface area contributed by atoms with Crippen LogP contribution in [0.25, 0.3) is 0 Å². The molecule has 62 valence electrons. The number of hydrogen-bond donors (Lipinski definition) is 1. The monoisotopic (exact) mass is 164 g/mol. The molecule has 12 heavy (non-hydrogen) atoms. The van der Waals surface area contributed by atoms with Crippen LogP contribution < -0.4 is 5.32 Å². The molecule has 0 spiro atoms. The highest BCUT2D eigenvalue weighted by Crippen LogP contribution is 1.83. The third kappa shape index (κ3) is 2.12. The summed E-state index contributed by atoms with van der Waals surface area (Å²) in [6, 6.07) is 0. The van der Waals surface area contributed by atoms with Gasteiger partial charge in [-0.25, -0.2) is 15.0 Å². The minimum atomic E-state index is -0.322. The van der Waals surface area contributed by atoms with Crippen LogP contribution >= 0.6 is 0 Å². The van der Waals surface area contributed by atoms with E-state index in [1.165, 1.54) is 12.7 Å². The largest absolute Gasteiger partial charge is 0.346 e. The van der Waals surface area contributed by atoms with E-state index in [1.807, 2.05) is 0 Å². The van der Waals surface area contributed by atoms with Gasteiger partial charge in [0.2, 0.25) is 5.82 Å². The van der Waals surface area contributed by atoms with Crippen LogP contribution in [0.5, 0.6) is 0 Å². The number of nitrogens with one attached hydrogen (secondary N) is 1. The van der Waals surface area contributed by atoms with E-state index >= 15 is 0 Å². The van der Waals surface area contributed by atoms with E-state index in [9.17, 15) is 4.79 Å². The molecule has 5 nitrogen and oxygen atoms in total. The Morgan fingerprint density at radius 3 is 2.83 bits per heavy atom. The first-order chi connectivity index (χ1) is 5.84. The second-order valence-corrected chi connectivity index (χ2v) is 1.96. The van der Waals surface area contributed by atoms with Gasteiger partial charge in [-0.1, -0.05) is 6.08 Å². The predicted molar refractivity (Wildman–Crippen MR) is 42.4 cm³/mol. The zero-order chi connectivity index (χ0) is 8.81. The van der Waals surface area contributed by atoms with Crippen molar-refractivity contribution >= 4 is 5.91 Å². The van der Waals surface area contributed by atoms with E-state index in [-0.39, 0.29) is 11.7 Å². The number of amides is 1. The Labute approximate surface area is 69.6 Å². The van der Waals surface area contributed by atoms with Crippen LogP contribution in [0.1, 0.15) is 10.6 Å². The van der Waals surface area contributed by atoms with Gasteiger partial charge in [0, 0.05) is 6.54 Å². The van der Waals surface area contributed by atoms with E-state index in [0.717, 1.165) is 0 Å². The van der Waals surface area contributed by atoms with Gasteiger partial charge in [0.25, 0.3) is 5.91 Å². The summed E-state index contributed by atoms with van der Waals surface area (Å²) in [5.74, 6) is -0.204. The molecule has 1 rings (SSSR count). The summed E-state index contributed by atoms with van der Waals surface area (Å²) in [5, 5.41) is 2.54. The predicted octanol–water partition coefficient (Wildman–Crippen LogP) is -0.213. The van der Waals surface area contributed by atoms with Crippen molar-refractivity contribution in [2.45, 2.75) is 0 Å². The van der Waals surface area contributed by atoms with E-state index in [2.05, 4.69) is 26.8 Å². The topological polar surface area (TPSA) is 67.8 Å². The van der Waals surface area contributed by atoms with Gasteiger partial charge >= 0.3 is 0 Å². The molecule has 0 aliphatic heterocycles. The Balaban J connectivity index is 2.59. The number of hydrogen-bond acceptors (Lipinski definition) is 4. The van der Waals surface area contributed by atoms with Crippen molar-refractivity contribution in [2.24, 2.45) is 0 Å². The van der Waals surface area contributed by atoms with Crippen LogP contribution in [0.3, 0.4) is 0 Å². The molecule has 1 N–H and O–H groups in total. The maximum absolute atomic E-state index is 11.1. The summed E-state index contributed by atoms with van der Waals surface area (Å²) >= 11 is 0. The molecule has 0 aliphatic carbocycles. The van der Waals surface area contributed by atoms with E-state index in [1.54, 1.807) is 6.08 Å². The van der Waals surface area contributed by atoms with Crippen LogP contribution in [0.15, 0.2) is 25.3 Å². The fourth-order valence-corrected chi connectivity index (χ4v) is 0.600. The molecule has 5 heteroatoms. The number of rotatable bonds is 3. The van der Waals surface area contributed by atoms with Crippen molar-refractivity contribution in [1.82, 2.24) is 20.3 Å². The molecule has 1 aromatic heterocycles. The lowest BCUT2D eigenvalue weighted by Gasteiger charge is -1.97. The molecule has 0 atom stereocenters. The molecule has 0 radical (unpaired) electrons. The Bertz CT molecular complexity index is 272. The Kier molecular flexibility index (Phi) is 2.89. The highest BCUT2D eigenvalue weighted by atomic mass is 16.2. The van der Waals surface area contributed by atoms with Crippen LogP contribution in [-0.2, 0) is 0 Å². The second-order valence-electron chi connectivity index (χ2n) is 1.96. The maximum Gasteiger partial charge on any atom is 0.289 e. The Morgan fingerprint density at radius 1 is 1.58 bits per heavy atom. The minimum Gasteiger partial charge on any atom is -0.346 e. The zero-order valence-corrected chi connectivity index (χ0v) is 6.40. The molecule has 0 saturated heterocycles. The fourth-order valence-electron chi connectivity index (χ4n) is 0.600. The van der Waals surface area contributed by atoms with Gasteiger partial charge < -0.3 is 5.32 Å². The third-order valence-electron chi connectivity index (χ3n) is 1.10. The third-order valence-corrected chi connectivity index (χ3v) is 1.10. The standard InChI is InChI=1S/C7H8N4O/c1-2-3-9-7(12)6-10-4-8-5-11-6/h2,4-5H,1,3H2,(H,9,12). The maximum atomic E-state index is 11.1. The molecule has 0 aliphatic rings. The first-order valence-electron chi connectivity index (χ1n) is 3.35. The van der Waals surface area contributed by atoms with Crippen molar-refractivity contribution in [1.29, 1.82) is 0 Å². The lowest BCUT2D eigenvalue weighted by Crippen LogP contribution is -2.25. The Hall–Kier alpha value is -1.78. The molecule has 0 bridgehead atoms. The number of carbonyl (C=O) groups is 1. The summed E-state index contributed by atoms with van der Waals surface area (Å²) < 4.78 is 0. The lowest BCUT2D eigenvalue weighted by molar-refractivity contribution is 0.0947. The van der Waals surface area contributed by atoms with Crippen molar-refractivity contribution in [3.8, 4) is 0 Å². The quantitative estimate of drug-likeness (QED) is 0.627. The second kappa shape index (κ2) is 4.17. The average Bonchev–Trinajstić information content (AvgIpc) is 2.15.